The molecule has 3 rings (SSSR count). The van der Waals surface area contributed by atoms with Crippen molar-refractivity contribution in [3.63, 3.8) is 0 Å². The van der Waals surface area contributed by atoms with Crippen molar-refractivity contribution in [2.45, 2.75) is 45.1 Å². The van der Waals surface area contributed by atoms with E-state index in [0.29, 0.717) is 0 Å². The van der Waals surface area contributed by atoms with Gasteiger partial charge in [0.15, 0.2) is 0 Å². The van der Waals surface area contributed by atoms with Gasteiger partial charge >= 0.3 is 0 Å². The number of likely N-dealkylation sites (tertiary alicyclic amines) is 1. The molecule has 1 aromatic heterocycles. The zero-order valence-corrected chi connectivity index (χ0v) is 12.7. The zero-order valence-electron chi connectivity index (χ0n) is 11.9. The average Bonchev–Trinajstić information content (AvgIpc) is 3.09. The van der Waals surface area contributed by atoms with Crippen molar-refractivity contribution in [1.29, 1.82) is 0 Å². The molecule has 0 bridgehead atoms. The number of nitrogens with zero attached hydrogens (tertiary/aromatic N) is 2. The van der Waals surface area contributed by atoms with Crippen molar-refractivity contribution in [2.24, 2.45) is 5.92 Å². The molecule has 0 radical (unpaired) electrons. The molecule has 3 nitrogen and oxygen atoms in total. The average molecular weight is 279 g/mol. The number of nitrogens with one attached hydrogen (secondary N) is 1. The summed E-state index contributed by atoms with van der Waals surface area (Å²) < 4.78 is 0. The Kier molecular flexibility index (Phi) is 4.51. The smallest absolute Gasteiger partial charge is 0.0797 e. The third-order valence-electron chi connectivity index (χ3n) is 4.80. The van der Waals surface area contributed by atoms with Crippen molar-refractivity contribution >= 4 is 11.3 Å². The SMILES string of the molecule is Cc1ncsc1CCN1CCC(C2CCCN2)CC1. The largest absolute Gasteiger partial charge is 0.314 e. The molecule has 2 fully saturated rings. The number of piperidine rings is 1. The Morgan fingerprint density at radius 3 is 2.84 bits per heavy atom. The summed E-state index contributed by atoms with van der Waals surface area (Å²) in [5.74, 6) is 0.934. The Bertz CT molecular complexity index is 390. The molecule has 0 spiro atoms. The predicted molar refractivity (Wildman–Crippen MR) is 80.7 cm³/mol. The summed E-state index contributed by atoms with van der Waals surface area (Å²) in [6.07, 6.45) is 6.75. The highest BCUT2D eigenvalue weighted by molar-refractivity contribution is 7.09. The van der Waals surface area contributed by atoms with Gasteiger partial charge in [0.05, 0.1) is 11.2 Å². The number of thiazole rings is 1. The molecule has 1 N–H and O–H groups in total. The monoisotopic (exact) mass is 279 g/mol. The number of aryl methyl sites for hydroxylation is 1. The van der Waals surface area contributed by atoms with E-state index in [4.69, 9.17) is 0 Å². The first-order valence-electron chi connectivity index (χ1n) is 7.67. The number of hydrogen-bond donors (Lipinski definition) is 1. The summed E-state index contributed by atoms with van der Waals surface area (Å²) in [5, 5.41) is 3.68. The number of aromatic nitrogens is 1. The van der Waals surface area contributed by atoms with Gasteiger partial charge in [-0.05, 0) is 64.6 Å². The molecule has 0 aromatic carbocycles. The van der Waals surface area contributed by atoms with Crippen LogP contribution in [0.2, 0.25) is 0 Å². The van der Waals surface area contributed by atoms with Gasteiger partial charge in [0, 0.05) is 17.5 Å². The fraction of sp³-hybridized carbons (Fsp3) is 0.800. The molecule has 4 heteroatoms. The Morgan fingerprint density at radius 2 is 2.21 bits per heavy atom. The van der Waals surface area contributed by atoms with E-state index in [2.05, 4.69) is 22.1 Å². The Labute approximate surface area is 120 Å². The highest BCUT2D eigenvalue weighted by atomic mass is 32.1. The standard InChI is InChI=1S/C15H25N3S/c1-12-15(19-11-17-12)6-10-18-8-4-13(5-9-18)14-3-2-7-16-14/h11,13-14,16H,2-10H2,1H3. The second-order valence-electron chi connectivity index (χ2n) is 5.99. The predicted octanol–water partition coefficient (Wildman–Crippen LogP) is 2.46. The lowest BCUT2D eigenvalue weighted by molar-refractivity contribution is 0.165. The van der Waals surface area contributed by atoms with Crippen molar-refractivity contribution in [3.05, 3.63) is 16.1 Å². The lowest BCUT2D eigenvalue weighted by Gasteiger charge is -2.34. The van der Waals surface area contributed by atoms with E-state index in [9.17, 15) is 0 Å². The van der Waals surface area contributed by atoms with Crippen molar-refractivity contribution in [3.8, 4) is 0 Å². The maximum Gasteiger partial charge on any atom is 0.0797 e. The van der Waals surface area contributed by atoms with Crippen LogP contribution < -0.4 is 5.32 Å². The van der Waals surface area contributed by atoms with Crippen LogP contribution in [0.5, 0.6) is 0 Å². The van der Waals surface area contributed by atoms with Gasteiger partial charge in [0.2, 0.25) is 0 Å². The maximum absolute atomic E-state index is 4.34. The Balaban J connectivity index is 1.41. The summed E-state index contributed by atoms with van der Waals surface area (Å²) in [6.45, 7) is 7.18. The highest BCUT2D eigenvalue weighted by Crippen LogP contribution is 2.25. The van der Waals surface area contributed by atoms with Crippen molar-refractivity contribution < 1.29 is 0 Å². The van der Waals surface area contributed by atoms with Gasteiger partial charge in [-0.1, -0.05) is 0 Å². The Morgan fingerprint density at radius 1 is 1.37 bits per heavy atom. The molecule has 0 amide bonds. The summed E-state index contributed by atoms with van der Waals surface area (Å²) in [6, 6.07) is 0.825. The molecule has 2 aliphatic rings. The molecule has 1 unspecified atom stereocenters. The normalized spacial score (nSPS) is 26.1. The van der Waals surface area contributed by atoms with E-state index in [1.807, 2.05) is 16.8 Å². The molecule has 1 atom stereocenters. The van der Waals surface area contributed by atoms with Gasteiger partial charge in [0.1, 0.15) is 0 Å². The van der Waals surface area contributed by atoms with Crippen LogP contribution in [0, 0.1) is 12.8 Å². The molecule has 0 saturated carbocycles. The van der Waals surface area contributed by atoms with Gasteiger partial charge in [-0.2, -0.15) is 0 Å². The lowest BCUT2D eigenvalue weighted by atomic mass is 9.88. The second-order valence-corrected chi connectivity index (χ2v) is 6.93. The third-order valence-corrected chi connectivity index (χ3v) is 5.79. The van der Waals surface area contributed by atoms with Crippen LogP contribution in [0.1, 0.15) is 36.3 Å². The quantitative estimate of drug-likeness (QED) is 0.917. The molecule has 2 saturated heterocycles. The van der Waals surface area contributed by atoms with Crippen LogP contribution >= 0.6 is 11.3 Å². The molecular weight excluding hydrogens is 254 g/mol. The summed E-state index contributed by atoms with van der Waals surface area (Å²) in [5.41, 5.74) is 3.21. The lowest BCUT2D eigenvalue weighted by Crippen LogP contribution is -2.41. The van der Waals surface area contributed by atoms with Gasteiger partial charge in [-0.15, -0.1) is 11.3 Å². The van der Waals surface area contributed by atoms with Crippen LogP contribution in [0.3, 0.4) is 0 Å². The first-order valence-corrected chi connectivity index (χ1v) is 8.55. The highest BCUT2D eigenvalue weighted by Gasteiger charge is 2.28. The minimum Gasteiger partial charge on any atom is -0.314 e. The Hall–Kier alpha value is -0.450. The first-order chi connectivity index (χ1) is 9.33. The van der Waals surface area contributed by atoms with E-state index < -0.39 is 0 Å². The molecule has 0 aliphatic carbocycles. The van der Waals surface area contributed by atoms with E-state index in [-0.39, 0.29) is 0 Å². The maximum atomic E-state index is 4.34. The topological polar surface area (TPSA) is 28.2 Å². The van der Waals surface area contributed by atoms with Gasteiger partial charge < -0.3 is 10.2 Å². The summed E-state index contributed by atoms with van der Waals surface area (Å²) >= 11 is 1.81. The molecule has 19 heavy (non-hydrogen) atoms. The fourth-order valence-corrected chi connectivity index (χ4v) is 4.29. The van der Waals surface area contributed by atoms with E-state index in [0.717, 1.165) is 12.0 Å². The fourth-order valence-electron chi connectivity index (χ4n) is 3.52. The van der Waals surface area contributed by atoms with Gasteiger partial charge in [0.25, 0.3) is 0 Å². The molecule has 1 aromatic rings. The van der Waals surface area contributed by atoms with Crippen LogP contribution in [0.25, 0.3) is 0 Å². The van der Waals surface area contributed by atoms with E-state index >= 15 is 0 Å². The molecular formula is C15H25N3S. The van der Waals surface area contributed by atoms with Crippen LogP contribution in [-0.4, -0.2) is 42.1 Å². The second kappa shape index (κ2) is 6.33. The number of rotatable bonds is 4. The van der Waals surface area contributed by atoms with Crippen LogP contribution in [0.15, 0.2) is 5.51 Å². The molecule has 3 heterocycles. The van der Waals surface area contributed by atoms with Gasteiger partial charge in [-0.25, -0.2) is 4.98 Å². The van der Waals surface area contributed by atoms with E-state index in [1.165, 1.54) is 68.9 Å². The first kappa shape index (κ1) is 13.5. The van der Waals surface area contributed by atoms with E-state index in [1.54, 1.807) is 0 Å². The van der Waals surface area contributed by atoms with Crippen LogP contribution in [-0.2, 0) is 6.42 Å². The van der Waals surface area contributed by atoms with Crippen molar-refractivity contribution in [1.82, 2.24) is 15.2 Å². The minimum atomic E-state index is 0.825. The third kappa shape index (κ3) is 3.36. The summed E-state index contributed by atoms with van der Waals surface area (Å²) in [7, 11) is 0. The minimum absolute atomic E-state index is 0.825. The zero-order chi connectivity index (χ0) is 13.1. The molecule has 2 aliphatic heterocycles. The summed E-state index contributed by atoms with van der Waals surface area (Å²) in [4.78, 5) is 8.45. The molecule has 106 valence electrons. The van der Waals surface area contributed by atoms with Crippen molar-refractivity contribution in [2.75, 3.05) is 26.2 Å². The van der Waals surface area contributed by atoms with Crippen LogP contribution in [0.4, 0.5) is 0 Å². The van der Waals surface area contributed by atoms with Gasteiger partial charge in [-0.3, -0.25) is 0 Å². The number of hydrogen-bond acceptors (Lipinski definition) is 4.